The summed E-state index contributed by atoms with van der Waals surface area (Å²) in [7, 11) is 1.60. The minimum atomic E-state index is -0.418. The van der Waals surface area contributed by atoms with Crippen LogP contribution in [-0.4, -0.2) is 28.9 Å². The van der Waals surface area contributed by atoms with Crippen molar-refractivity contribution in [2.24, 2.45) is 0 Å². The molecule has 0 unspecified atom stereocenters. The predicted molar refractivity (Wildman–Crippen MR) is 108 cm³/mol. The van der Waals surface area contributed by atoms with Crippen LogP contribution in [0.4, 0.5) is 11.5 Å². The zero-order valence-corrected chi connectivity index (χ0v) is 15.9. The van der Waals surface area contributed by atoms with Crippen molar-refractivity contribution in [1.29, 1.82) is 0 Å². The van der Waals surface area contributed by atoms with Crippen molar-refractivity contribution >= 4 is 34.9 Å². The molecule has 2 amide bonds. The van der Waals surface area contributed by atoms with Crippen LogP contribution >= 0.6 is 11.6 Å². The second kappa shape index (κ2) is 8.49. The Labute approximate surface area is 166 Å². The third kappa shape index (κ3) is 4.63. The van der Waals surface area contributed by atoms with Gasteiger partial charge in [-0.1, -0.05) is 11.6 Å². The Hall–Kier alpha value is -3.45. The number of amides is 2. The second-order valence-electron chi connectivity index (χ2n) is 5.85. The number of ether oxygens (including phenoxy) is 1. The fraction of sp³-hybridized carbons (Fsp3) is 0.100. The van der Waals surface area contributed by atoms with Gasteiger partial charge >= 0.3 is 0 Å². The average molecular weight is 397 g/mol. The molecule has 0 radical (unpaired) electrons. The van der Waals surface area contributed by atoms with E-state index in [2.05, 4.69) is 20.6 Å². The van der Waals surface area contributed by atoms with Crippen LogP contribution in [0.3, 0.4) is 0 Å². The normalized spacial score (nSPS) is 10.2. The largest absolute Gasteiger partial charge is 0.497 e. The van der Waals surface area contributed by atoms with Gasteiger partial charge in [-0.3, -0.25) is 9.59 Å². The molecule has 8 heteroatoms. The van der Waals surface area contributed by atoms with Crippen molar-refractivity contribution < 1.29 is 14.3 Å². The molecule has 0 atom stereocenters. The number of carbonyl (C=O) groups is 2. The molecule has 2 aromatic carbocycles. The summed E-state index contributed by atoms with van der Waals surface area (Å²) in [6.45, 7) is 1.39. The molecule has 0 aliphatic rings. The molecule has 0 bridgehead atoms. The van der Waals surface area contributed by atoms with E-state index in [1.807, 2.05) is 24.3 Å². The van der Waals surface area contributed by atoms with Crippen molar-refractivity contribution in [2.45, 2.75) is 6.92 Å². The van der Waals surface area contributed by atoms with Crippen LogP contribution in [0.1, 0.15) is 17.3 Å². The molecule has 7 nitrogen and oxygen atoms in total. The number of aromatic nitrogens is 2. The third-order valence-electron chi connectivity index (χ3n) is 3.83. The molecule has 0 saturated heterocycles. The lowest BCUT2D eigenvalue weighted by Crippen LogP contribution is -2.14. The molecule has 3 aromatic rings. The van der Waals surface area contributed by atoms with E-state index in [-0.39, 0.29) is 16.5 Å². The van der Waals surface area contributed by atoms with Gasteiger partial charge in [-0.2, -0.15) is 0 Å². The number of halogens is 1. The van der Waals surface area contributed by atoms with E-state index < -0.39 is 5.91 Å². The molecular formula is C20H17ClN4O3. The lowest BCUT2D eigenvalue weighted by molar-refractivity contribution is -0.114. The maximum atomic E-state index is 12.5. The number of nitrogens with one attached hydrogen (secondary N) is 2. The molecule has 0 spiro atoms. The van der Waals surface area contributed by atoms with Gasteiger partial charge in [0, 0.05) is 24.2 Å². The summed E-state index contributed by atoms with van der Waals surface area (Å²) in [6.07, 6.45) is 1.37. The van der Waals surface area contributed by atoms with E-state index in [0.717, 1.165) is 11.3 Å². The number of anilines is 2. The van der Waals surface area contributed by atoms with Crippen LogP contribution in [0, 0.1) is 0 Å². The highest BCUT2D eigenvalue weighted by molar-refractivity contribution is 6.34. The van der Waals surface area contributed by atoms with Gasteiger partial charge < -0.3 is 15.4 Å². The summed E-state index contributed by atoms with van der Waals surface area (Å²) in [5, 5.41) is 5.53. The van der Waals surface area contributed by atoms with E-state index in [1.54, 1.807) is 19.2 Å². The van der Waals surface area contributed by atoms with Crippen LogP contribution in [0.5, 0.6) is 5.75 Å². The van der Waals surface area contributed by atoms with Crippen LogP contribution < -0.4 is 15.4 Å². The Kier molecular flexibility index (Phi) is 5.86. The lowest BCUT2D eigenvalue weighted by Gasteiger charge is -2.09. The quantitative estimate of drug-likeness (QED) is 0.679. The summed E-state index contributed by atoms with van der Waals surface area (Å²) in [5.74, 6) is 0.440. The van der Waals surface area contributed by atoms with E-state index in [4.69, 9.17) is 16.3 Å². The lowest BCUT2D eigenvalue weighted by atomic mass is 10.1. The molecule has 2 N–H and O–H groups in total. The predicted octanol–water partition coefficient (Wildman–Crippen LogP) is 4.02. The number of benzene rings is 2. The van der Waals surface area contributed by atoms with Crippen LogP contribution in [0.25, 0.3) is 11.3 Å². The van der Waals surface area contributed by atoms with Crippen molar-refractivity contribution in [3.8, 4) is 17.0 Å². The highest BCUT2D eigenvalue weighted by Gasteiger charge is 2.13. The van der Waals surface area contributed by atoms with E-state index in [0.29, 0.717) is 17.2 Å². The first-order chi connectivity index (χ1) is 13.5. The summed E-state index contributed by atoms with van der Waals surface area (Å²) in [5.41, 5.74) is 2.29. The fourth-order valence-corrected chi connectivity index (χ4v) is 2.78. The third-order valence-corrected chi connectivity index (χ3v) is 4.14. The highest BCUT2D eigenvalue weighted by atomic mass is 35.5. The zero-order chi connectivity index (χ0) is 20.1. The first kappa shape index (κ1) is 19.3. The molecule has 0 aliphatic carbocycles. The molecule has 28 heavy (non-hydrogen) atoms. The van der Waals surface area contributed by atoms with Crippen LogP contribution in [0.15, 0.2) is 54.9 Å². The smallest absolute Gasteiger partial charge is 0.258 e. The molecule has 0 aliphatic heterocycles. The van der Waals surface area contributed by atoms with Crippen molar-refractivity contribution in [3.63, 3.8) is 0 Å². The molecule has 142 valence electrons. The van der Waals surface area contributed by atoms with Crippen LogP contribution in [-0.2, 0) is 4.79 Å². The Bertz CT molecular complexity index is 1020. The van der Waals surface area contributed by atoms with E-state index >= 15 is 0 Å². The number of carbonyl (C=O) groups excluding carboxylic acids is 2. The summed E-state index contributed by atoms with van der Waals surface area (Å²) >= 11 is 6.17. The number of hydrogen-bond donors (Lipinski definition) is 2. The first-order valence-electron chi connectivity index (χ1n) is 8.31. The van der Waals surface area contributed by atoms with E-state index in [9.17, 15) is 9.59 Å². The maximum Gasteiger partial charge on any atom is 0.258 e. The fourth-order valence-electron chi connectivity index (χ4n) is 2.51. The van der Waals surface area contributed by atoms with Gasteiger partial charge in [0.05, 0.1) is 23.4 Å². The SMILES string of the molecule is COc1ccc(-c2cc(NC(=O)c3ccc(NC(C)=O)cc3Cl)ncn2)cc1. The first-order valence-corrected chi connectivity index (χ1v) is 8.69. The maximum absolute atomic E-state index is 12.5. The van der Waals surface area contributed by atoms with Gasteiger partial charge in [0.1, 0.15) is 17.9 Å². The van der Waals surface area contributed by atoms with Gasteiger partial charge in [-0.25, -0.2) is 9.97 Å². The highest BCUT2D eigenvalue weighted by Crippen LogP contribution is 2.24. The molecule has 0 saturated carbocycles. The number of nitrogens with zero attached hydrogens (tertiary/aromatic N) is 2. The van der Waals surface area contributed by atoms with Crippen molar-refractivity contribution in [2.75, 3.05) is 17.7 Å². The summed E-state index contributed by atoms with van der Waals surface area (Å²) < 4.78 is 5.15. The van der Waals surface area contributed by atoms with Crippen LogP contribution in [0.2, 0.25) is 5.02 Å². The van der Waals surface area contributed by atoms with Gasteiger partial charge in [0.2, 0.25) is 5.91 Å². The second-order valence-corrected chi connectivity index (χ2v) is 6.25. The number of hydrogen-bond acceptors (Lipinski definition) is 5. The van der Waals surface area contributed by atoms with Gasteiger partial charge in [0.15, 0.2) is 0 Å². The summed E-state index contributed by atoms with van der Waals surface area (Å²) in [6, 6.07) is 13.7. The Morgan fingerprint density at radius 1 is 1.00 bits per heavy atom. The monoisotopic (exact) mass is 396 g/mol. The molecular weight excluding hydrogens is 380 g/mol. The minimum absolute atomic E-state index is 0.216. The number of rotatable bonds is 5. The van der Waals surface area contributed by atoms with Gasteiger partial charge in [-0.15, -0.1) is 0 Å². The minimum Gasteiger partial charge on any atom is -0.497 e. The topological polar surface area (TPSA) is 93.2 Å². The summed E-state index contributed by atoms with van der Waals surface area (Å²) in [4.78, 5) is 32.0. The van der Waals surface area contributed by atoms with Gasteiger partial charge in [0.25, 0.3) is 5.91 Å². The Morgan fingerprint density at radius 3 is 2.39 bits per heavy atom. The molecule has 3 rings (SSSR count). The number of methoxy groups -OCH3 is 1. The zero-order valence-electron chi connectivity index (χ0n) is 15.2. The van der Waals surface area contributed by atoms with Crippen molar-refractivity contribution in [3.05, 3.63) is 65.4 Å². The molecule has 0 fully saturated rings. The molecule has 1 heterocycles. The Balaban J connectivity index is 1.78. The Morgan fingerprint density at radius 2 is 1.75 bits per heavy atom. The molecule has 1 aromatic heterocycles. The van der Waals surface area contributed by atoms with E-state index in [1.165, 1.54) is 25.4 Å². The van der Waals surface area contributed by atoms with Crippen molar-refractivity contribution in [1.82, 2.24) is 9.97 Å². The average Bonchev–Trinajstić information content (AvgIpc) is 2.68. The van der Waals surface area contributed by atoms with Gasteiger partial charge in [-0.05, 0) is 42.5 Å². The standard InChI is InChI=1S/C20H17ClN4O3/c1-12(26)24-14-5-8-16(17(21)9-14)20(27)25-19-10-18(22-11-23-19)13-3-6-15(28-2)7-4-13/h3-11H,1-2H3,(H,24,26)(H,22,23,25,27).